The molecule has 3 heteroatoms. The standard InChI is InChI=1S/C11H15NO2/c1-11(2,7-13)9-3-5-10(6-4-9)12-8-14/h3-6,8,13H,7H2,1-2H3,(H,12,14). The number of rotatable bonds is 4. The molecule has 1 aromatic rings. The van der Waals surface area contributed by atoms with Gasteiger partial charge in [0.15, 0.2) is 0 Å². The van der Waals surface area contributed by atoms with Gasteiger partial charge in [-0.1, -0.05) is 26.0 Å². The normalized spacial score (nSPS) is 11.1. The summed E-state index contributed by atoms with van der Waals surface area (Å²) in [6.45, 7) is 4.04. The first-order valence-corrected chi connectivity index (χ1v) is 4.52. The molecule has 3 nitrogen and oxygen atoms in total. The van der Waals surface area contributed by atoms with Crippen LogP contribution in [0.2, 0.25) is 0 Å². The van der Waals surface area contributed by atoms with Gasteiger partial charge in [0.25, 0.3) is 0 Å². The van der Waals surface area contributed by atoms with Crippen LogP contribution >= 0.6 is 0 Å². The maximum absolute atomic E-state index is 10.2. The van der Waals surface area contributed by atoms with Crippen LogP contribution in [0.15, 0.2) is 24.3 Å². The van der Waals surface area contributed by atoms with Crippen LogP contribution in [0, 0.1) is 0 Å². The summed E-state index contributed by atoms with van der Waals surface area (Å²) in [5.41, 5.74) is 1.58. The van der Waals surface area contributed by atoms with E-state index in [1.165, 1.54) is 0 Å². The smallest absolute Gasteiger partial charge is 0.211 e. The van der Waals surface area contributed by atoms with Crippen molar-refractivity contribution in [1.29, 1.82) is 0 Å². The second kappa shape index (κ2) is 4.24. The lowest BCUT2D eigenvalue weighted by molar-refractivity contribution is -0.105. The van der Waals surface area contributed by atoms with Gasteiger partial charge in [0.1, 0.15) is 0 Å². The zero-order valence-corrected chi connectivity index (χ0v) is 8.45. The highest BCUT2D eigenvalue weighted by atomic mass is 16.3. The second-order valence-corrected chi connectivity index (χ2v) is 3.88. The van der Waals surface area contributed by atoms with Crippen LogP contribution in [0.1, 0.15) is 19.4 Å². The Balaban J connectivity index is 2.87. The van der Waals surface area contributed by atoms with Gasteiger partial charge in [0.2, 0.25) is 6.41 Å². The van der Waals surface area contributed by atoms with Gasteiger partial charge in [-0.05, 0) is 17.7 Å². The second-order valence-electron chi connectivity index (χ2n) is 3.88. The third kappa shape index (κ3) is 2.33. The summed E-state index contributed by atoms with van der Waals surface area (Å²) in [6.07, 6.45) is 0.645. The third-order valence-electron chi connectivity index (χ3n) is 2.29. The van der Waals surface area contributed by atoms with Gasteiger partial charge in [0.05, 0.1) is 6.61 Å². The number of carbonyl (C=O) groups excluding carboxylic acids is 1. The van der Waals surface area contributed by atoms with E-state index in [-0.39, 0.29) is 12.0 Å². The first kappa shape index (κ1) is 10.7. The Labute approximate surface area is 83.8 Å². The van der Waals surface area contributed by atoms with Crippen molar-refractivity contribution in [3.63, 3.8) is 0 Å². The van der Waals surface area contributed by atoms with Crippen LogP contribution in [0.25, 0.3) is 0 Å². The molecular formula is C11H15NO2. The quantitative estimate of drug-likeness (QED) is 0.712. The van der Waals surface area contributed by atoms with Crippen molar-refractivity contribution < 1.29 is 9.90 Å². The highest BCUT2D eigenvalue weighted by molar-refractivity contribution is 5.71. The van der Waals surface area contributed by atoms with Gasteiger partial charge >= 0.3 is 0 Å². The molecule has 1 rings (SSSR count). The van der Waals surface area contributed by atoms with Crippen LogP contribution in [0.4, 0.5) is 5.69 Å². The van der Waals surface area contributed by atoms with E-state index >= 15 is 0 Å². The Kier molecular flexibility index (Phi) is 3.25. The molecular weight excluding hydrogens is 178 g/mol. The molecule has 0 saturated heterocycles. The average molecular weight is 193 g/mol. The van der Waals surface area contributed by atoms with Crippen molar-refractivity contribution in [2.45, 2.75) is 19.3 Å². The Morgan fingerprint density at radius 1 is 1.36 bits per heavy atom. The molecule has 0 aliphatic heterocycles. The Morgan fingerprint density at radius 2 is 1.93 bits per heavy atom. The predicted molar refractivity (Wildman–Crippen MR) is 56.2 cm³/mol. The lowest BCUT2D eigenvalue weighted by atomic mass is 9.86. The Bertz CT molecular complexity index is 304. The van der Waals surface area contributed by atoms with Gasteiger partial charge < -0.3 is 10.4 Å². The summed E-state index contributed by atoms with van der Waals surface area (Å²) in [7, 11) is 0. The molecule has 0 fully saturated rings. The number of carbonyl (C=O) groups is 1. The van der Waals surface area contributed by atoms with Crippen molar-refractivity contribution >= 4 is 12.1 Å². The van der Waals surface area contributed by atoms with Crippen molar-refractivity contribution in [1.82, 2.24) is 0 Å². The topological polar surface area (TPSA) is 49.3 Å². The van der Waals surface area contributed by atoms with Gasteiger partial charge in [-0.15, -0.1) is 0 Å². The lowest BCUT2D eigenvalue weighted by Gasteiger charge is -2.22. The third-order valence-corrected chi connectivity index (χ3v) is 2.29. The van der Waals surface area contributed by atoms with E-state index in [1.807, 2.05) is 38.1 Å². The van der Waals surface area contributed by atoms with Gasteiger partial charge in [-0.25, -0.2) is 0 Å². The maximum atomic E-state index is 10.2. The van der Waals surface area contributed by atoms with E-state index in [9.17, 15) is 4.79 Å². The van der Waals surface area contributed by atoms with Crippen LogP contribution in [0.5, 0.6) is 0 Å². The molecule has 0 aliphatic rings. The number of hydrogen-bond acceptors (Lipinski definition) is 2. The molecule has 0 aromatic heterocycles. The SMILES string of the molecule is CC(C)(CO)c1ccc(NC=O)cc1. The number of benzene rings is 1. The number of nitrogens with one attached hydrogen (secondary N) is 1. The van der Waals surface area contributed by atoms with E-state index in [0.717, 1.165) is 11.3 Å². The highest BCUT2D eigenvalue weighted by Gasteiger charge is 2.18. The fourth-order valence-corrected chi connectivity index (χ4v) is 1.18. The molecule has 1 aromatic carbocycles. The lowest BCUT2D eigenvalue weighted by Crippen LogP contribution is -2.21. The zero-order chi connectivity index (χ0) is 10.6. The number of amides is 1. The fraction of sp³-hybridized carbons (Fsp3) is 0.364. The number of aliphatic hydroxyl groups excluding tert-OH is 1. The Morgan fingerprint density at radius 3 is 2.36 bits per heavy atom. The molecule has 76 valence electrons. The van der Waals surface area contributed by atoms with E-state index in [1.54, 1.807) is 0 Å². The van der Waals surface area contributed by atoms with Crippen molar-refractivity contribution in [2.24, 2.45) is 0 Å². The minimum Gasteiger partial charge on any atom is -0.395 e. The molecule has 0 bridgehead atoms. The zero-order valence-electron chi connectivity index (χ0n) is 8.45. The summed E-state index contributed by atoms with van der Waals surface area (Å²) in [5, 5.41) is 11.7. The predicted octanol–water partition coefficient (Wildman–Crippen LogP) is 1.52. The van der Waals surface area contributed by atoms with Crippen LogP contribution in [0.3, 0.4) is 0 Å². The van der Waals surface area contributed by atoms with Gasteiger partial charge in [0, 0.05) is 11.1 Å². The largest absolute Gasteiger partial charge is 0.395 e. The highest BCUT2D eigenvalue weighted by Crippen LogP contribution is 2.23. The minimum atomic E-state index is -0.236. The van der Waals surface area contributed by atoms with Crippen molar-refractivity contribution in [3.05, 3.63) is 29.8 Å². The number of hydrogen-bond donors (Lipinski definition) is 2. The molecule has 0 spiro atoms. The molecule has 14 heavy (non-hydrogen) atoms. The van der Waals surface area contributed by atoms with Crippen LogP contribution in [-0.2, 0) is 10.2 Å². The summed E-state index contributed by atoms with van der Waals surface area (Å²) < 4.78 is 0. The fourth-order valence-electron chi connectivity index (χ4n) is 1.18. The molecule has 2 N–H and O–H groups in total. The van der Waals surface area contributed by atoms with E-state index < -0.39 is 0 Å². The van der Waals surface area contributed by atoms with Gasteiger partial charge in [-0.2, -0.15) is 0 Å². The summed E-state index contributed by atoms with van der Waals surface area (Å²) in [5.74, 6) is 0. The van der Waals surface area contributed by atoms with E-state index in [2.05, 4.69) is 5.32 Å². The maximum Gasteiger partial charge on any atom is 0.211 e. The van der Waals surface area contributed by atoms with Gasteiger partial charge in [-0.3, -0.25) is 4.79 Å². The first-order valence-electron chi connectivity index (χ1n) is 4.52. The summed E-state index contributed by atoms with van der Waals surface area (Å²) in [4.78, 5) is 10.2. The minimum absolute atomic E-state index is 0.105. The molecule has 0 radical (unpaired) electrons. The van der Waals surface area contributed by atoms with Crippen LogP contribution in [-0.4, -0.2) is 18.1 Å². The van der Waals surface area contributed by atoms with E-state index in [4.69, 9.17) is 5.11 Å². The number of aliphatic hydroxyl groups is 1. The Hall–Kier alpha value is -1.35. The first-order chi connectivity index (χ1) is 6.60. The molecule has 0 unspecified atom stereocenters. The molecule has 0 atom stereocenters. The average Bonchev–Trinajstić information content (AvgIpc) is 2.19. The van der Waals surface area contributed by atoms with Crippen molar-refractivity contribution in [3.8, 4) is 0 Å². The summed E-state index contributed by atoms with van der Waals surface area (Å²) in [6, 6.07) is 7.45. The molecule has 0 heterocycles. The molecule has 1 amide bonds. The van der Waals surface area contributed by atoms with Crippen LogP contribution < -0.4 is 5.32 Å². The molecule has 0 aliphatic carbocycles. The van der Waals surface area contributed by atoms with E-state index in [0.29, 0.717) is 6.41 Å². The monoisotopic (exact) mass is 193 g/mol. The number of anilines is 1. The molecule has 0 saturated carbocycles. The summed E-state index contributed by atoms with van der Waals surface area (Å²) >= 11 is 0. The van der Waals surface area contributed by atoms with Crippen molar-refractivity contribution in [2.75, 3.05) is 11.9 Å².